The van der Waals surface area contributed by atoms with E-state index in [9.17, 15) is 0 Å². The molecule has 0 bridgehead atoms. The van der Waals surface area contributed by atoms with E-state index < -0.39 is 0 Å². The van der Waals surface area contributed by atoms with Crippen LogP contribution in [-0.2, 0) is 11.8 Å². The molecule has 35 heavy (non-hydrogen) atoms. The number of aromatic nitrogens is 2. The quantitative estimate of drug-likeness (QED) is 0.265. The predicted octanol–water partition coefficient (Wildman–Crippen LogP) is 8.06. The van der Waals surface area contributed by atoms with Crippen LogP contribution in [0.15, 0.2) is 91.1 Å². The Hall–Kier alpha value is -3.91. The van der Waals surface area contributed by atoms with Crippen LogP contribution >= 0.6 is 0 Å². The number of hydrogen-bond donors (Lipinski definition) is 0. The Morgan fingerprint density at radius 1 is 0.800 bits per heavy atom. The lowest BCUT2D eigenvalue weighted by molar-refractivity contribution is 0.614. The van der Waals surface area contributed by atoms with Gasteiger partial charge in [-0.2, -0.15) is 0 Å². The number of pyridine rings is 1. The molecule has 0 saturated heterocycles. The van der Waals surface area contributed by atoms with Gasteiger partial charge in [0.1, 0.15) is 5.82 Å². The Morgan fingerprint density at radius 3 is 2.26 bits per heavy atom. The van der Waals surface area contributed by atoms with Crippen molar-refractivity contribution in [1.29, 1.82) is 0 Å². The van der Waals surface area contributed by atoms with Crippen molar-refractivity contribution in [1.82, 2.24) is 9.55 Å². The first-order valence-electron chi connectivity index (χ1n) is 12.5. The van der Waals surface area contributed by atoms with Gasteiger partial charge in [0, 0.05) is 33.8 Å². The topological polar surface area (TPSA) is 17.8 Å². The molecule has 1 aliphatic heterocycles. The molecule has 0 amide bonds. The van der Waals surface area contributed by atoms with Crippen LogP contribution in [0.2, 0.25) is 0 Å². The molecule has 170 valence electrons. The molecule has 5 aromatic rings. The molecule has 2 nitrogen and oxygen atoms in total. The van der Waals surface area contributed by atoms with Gasteiger partial charge < -0.3 is 0 Å². The molecular weight excluding hydrogens is 424 g/mol. The van der Waals surface area contributed by atoms with Crippen LogP contribution in [-0.4, -0.2) is 9.55 Å². The molecule has 1 atom stereocenters. The van der Waals surface area contributed by atoms with E-state index in [1.807, 2.05) is 6.20 Å². The van der Waals surface area contributed by atoms with Crippen LogP contribution in [0.3, 0.4) is 0 Å². The van der Waals surface area contributed by atoms with Crippen molar-refractivity contribution in [2.75, 3.05) is 0 Å². The zero-order valence-corrected chi connectivity index (χ0v) is 20.4. The normalized spacial score (nSPS) is 17.6. The summed E-state index contributed by atoms with van der Waals surface area (Å²) < 4.78 is 2.48. The van der Waals surface area contributed by atoms with Gasteiger partial charge in [-0.15, -0.1) is 0 Å². The van der Waals surface area contributed by atoms with Crippen molar-refractivity contribution < 1.29 is 0 Å². The fourth-order valence-corrected chi connectivity index (χ4v) is 6.27. The first-order valence-corrected chi connectivity index (χ1v) is 12.5. The third-order valence-electron chi connectivity index (χ3n) is 8.09. The molecule has 2 heteroatoms. The zero-order chi connectivity index (χ0) is 23.7. The molecular formula is C33H28N2. The minimum Gasteiger partial charge on any atom is -0.297 e. The molecule has 1 unspecified atom stereocenters. The smallest absolute Gasteiger partial charge is 0.141 e. The second-order valence-corrected chi connectivity index (χ2v) is 10.6. The van der Waals surface area contributed by atoms with Gasteiger partial charge >= 0.3 is 0 Å². The Kier molecular flexibility index (Phi) is 4.26. The highest BCUT2D eigenvalue weighted by Gasteiger charge is 2.38. The maximum absolute atomic E-state index is 4.94. The lowest BCUT2D eigenvalue weighted by atomic mass is 9.75. The highest BCUT2D eigenvalue weighted by atomic mass is 15.1. The van der Waals surface area contributed by atoms with Gasteiger partial charge in [0.05, 0.1) is 5.52 Å². The predicted molar refractivity (Wildman–Crippen MR) is 146 cm³/mol. The van der Waals surface area contributed by atoms with Crippen molar-refractivity contribution in [2.45, 2.75) is 32.6 Å². The lowest BCUT2D eigenvalue weighted by Gasteiger charge is -2.34. The van der Waals surface area contributed by atoms with Crippen molar-refractivity contribution >= 4 is 22.6 Å². The maximum Gasteiger partial charge on any atom is 0.141 e. The number of rotatable bonds is 2. The summed E-state index contributed by atoms with van der Waals surface area (Å²) in [7, 11) is 0. The van der Waals surface area contributed by atoms with Crippen LogP contribution in [0, 0.1) is 5.92 Å². The Bertz CT molecular complexity index is 1640. The van der Waals surface area contributed by atoms with Gasteiger partial charge in [-0.1, -0.05) is 87.5 Å². The molecule has 3 aromatic carbocycles. The summed E-state index contributed by atoms with van der Waals surface area (Å²) in [5.74, 6) is 1.53. The Balaban J connectivity index is 1.62. The average molecular weight is 453 g/mol. The Labute approximate surface area is 206 Å². The number of nitrogens with zero attached hydrogens (tertiary/aromatic N) is 2. The van der Waals surface area contributed by atoms with Crippen LogP contribution < -0.4 is 0 Å². The fourth-order valence-electron chi connectivity index (χ4n) is 6.27. The third kappa shape index (κ3) is 2.86. The minimum absolute atomic E-state index is 0.138. The van der Waals surface area contributed by atoms with E-state index in [0.29, 0.717) is 5.92 Å². The summed E-state index contributed by atoms with van der Waals surface area (Å²) in [6, 6.07) is 30.8. The standard InChI is InChI=1S/C33H28N2/c1-21-17-30-26(20-25(21)23-13-8-5-9-14-23)27-18-24(22-11-6-4-7-12-22)19-29-31(27)35(30)32-28(33(29,2)3)15-10-16-34-32/h4-16,18-21H,17H2,1-3H3. The largest absolute Gasteiger partial charge is 0.297 e. The molecule has 2 aromatic heterocycles. The molecule has 7 rings (SSSR count). The van der Waals surface area contributed by atoms with Crippen molar-refractivity contribution in [3.63, 3.8) is 0 Å². The molecule has 0 spiro atoms. The van der Waals surface area contributed by atoms with Crippen molar-refractivity contribution in [2.24, 2.45) is 5.92 Å². The van der Waals surface area contributed by atoms with E-state index in [-0.39, 0.29) is 5.41 Å². The SMILES string of the molecule is CC1Cc2c(c3cc(-c4ccccc4)cc4c3n2-c2ncccc2C4(C)C)C=C1c1ccccc1. The molecule has 1 aliphatic carbocycles. The second kappa shape index (κ2) is 7.29. The number of benzene rings is 3. The van der Waals surface area contributed by atoms with Crippen LogP contribution in [0.4, 0.5) is 0 Å². The number of fused-ring (bicyclic) bond motifs is 5. The van der Waals surface area contributed by atoms with Gasteiger partial charge in [0.2, 0.25) is 0 Å². The number of allylic oxidation sites excluding steroid dienone is 1. The summed E-state index contributed by atoms with van der Waals surface area (Å²) in [5.41, 5.74) is 11.9. The zero-order valence-electron chi connectivity index (χ0n) is 20.4. The van der Waals surface area contributed by atoms with E-state index in [0.717, 1.165) is 12.2 Å². The molecule has 0 fully saturated rings. The first-order chi connectivity index (χ1) is 17.0. The maximum atomic E-state index is 4.94. The highest BCUT2D eigenvalue weighted by molar-refractivity contribution is 6.03. The molecule has 3 heterocycles. The summed E-state index contributed by atoms with van der Waals surface area (Å²) in [6.07, 6.45) is 5.40. The summed E-state index contributed by atoms with van der Waals surface area (Å²) in [5, 5.41) is 1.33. The van der Waals surface area contributed by atoms with E-state index in [1.54, 1.807) is 0 Å². The summed E-state index contributed by atoms with van der Waals surface area (Å²) in [6.45, 7) is 7.05. The van der Waals surface area contributed by atoms with E-state index in [1.165, 1.54) is 55.6 Å². The lowest BCUT2D eigenvalue weighted by Crippen LogP contribution is -2.28. The van der Waals surface area contributed by atoms with Gasteiger partial charge in [-0.05, 0) is 64.4 Å². The monoisotopic (exact) mass is 452 g/mol. The van der Waals surface area contributed by atoms with Crippen LogP contribution in [0.5, 0.6) is 0 Å². The van der Waals surface area contributed by atoms with Gasteiger partial charge in [-0.3, -0.25) is 4.57 Å². The summed E-state index contributed by atoms with van der Waals surface area (Å²) in [4.78, 5) is 4.94. The van der Waals surface area contributed by atoms with Gasteiger partial charge in [-0.25, -0.2) is 4.98 Å². The van der Waals surface area contributed by atoms with E-state index >= 15 is 0 Å². The Morgan fingerprint density at radius 2 is 1.51 bits per heavy atom. The molecule has 2 aliphatic rings. The molecule has 0 radical (unpaired) electrons. The van der Waals surface area contributed by atoms with Gasteiger partial charge in [0.15, 0.2) is 0 Å². The molecule has 0 N–H and O–H groups in total. The van der Waals surface area contributed by atoms with Crippen LogP contribution in [0.1, 0.15) is 48.7 Å². The molecule has 0 saturated carbocycles. The van der Waals surface area contributed by atoms with E-state index in [4.69, 9.17) is 4.98 Å². The van der Waals surface area contributed by atoms with Crippen LogP contribution in [0.25, 0.3) is 39.5 Å². The average Bonchev–Trinajstić information content (AvgIpc) is 3.21. The minimum atomic E-state index is -0.138. The highest BCUT2D eigenvalue weighted by Crippen LogP contribution is 2.50. The van der Waals surface area contributed by atoms with Crippen molar-refractivity contribution in [3.8, 4) is 16.9 Å². The fraction of sp³-hybridized carbons (Fsp3) is 0.182. The first kappa shape index (κ1) is 20.5. The number of hydrogen-bond acceptors (Lipinski definition) is 1. The van der Waals surface area contributed by atoms with Gasteiger partial charge in [0.25, 0.3) is 0 Å². The summed E-state index contributed by atoms with van der Waals surface area (Å²) >= 11 is 0. The third-order valence-corrected chi connectivity index (χ3v) is 8.09. The second-order valence-electron chi connectivity index (χ2n) is 10.6. The van der Waals surface area contributed by atoms with Crippen molar-refractivity contribution in [3.05, 3.63) is 119 Å². The van der Waals surface area contributed by atoms with E-state index in [2.05, 4.69) is 116 Å².